The standard InChI is InChI=1S/C30H34O2/c1-28(2,3)20-10-13-22(14-11-20)32-27(31)19-9-15-23-24-16-12-21(29(4,5)6)18-26(24)30(7,8)25(23)17-19/h9-18H,1-8H3. The van der Waals surface area contributed by atoms with Crippen LogP contribution in [0.2, 0.25) is 0 Å². The summed E-state index contributed by atoms with van der Waals surface area (Å²) in [5.74, 6) is 0.249. The molecule has 0 unspecified atom stereocenters. The Morgan fingerprint density at radius 1 is 0.688 bits per heavy atom. The van der Waals surface area contributed by atoms with Gasteiger partial charge in [-0.15, -0.1) is 0 Å². The quantitative estimate of drug-likeness (QED) is 0.308. The molecule has 1 aliphatic rings. The van der Waals surface area contributed by atoms with Gasteiger partial charge >= 0.3 is 5.97 Å². The number of carbonyl (C=O) groups excluding carboxylic acids is 1. The molecule has 4 rings (SSSR count). The summed E-state index contributed by atoms with van der Waals surface area (Å²) in [6.07, 6.45) is 0. The lowest BCUT2D eigenvalue weighted by Crippen LogP contribution is -2.18. The Morgan fingerprint density at radius 3 is 1.75 bits per heavy atom. The van der Waals surface area contributed by atoms with Crippen molar-refractivity contribution in [2.45, 2.75) is 71.6 Å². The average molecular weight is 427 g/mol. The van der Waals surface area contributed by atoms with Crippen molar-refractivity contribution in [1.29, 1.82) is 0 Å². The molecule has 0 saturated heterocycles. The van der Waals surface area contributed by atoms with E-state index in [1.807, 2.05) is 36.4 Å². The lowest BCUT2D eigenvalue weighted by Gasteiger charge is -2.25. The number of fused-ring (bicyclic) bond motifs is 3. The van der Waals surface area contributed by atoms with Gasteiger partial charge in [0, 0.05) is 5.41 Å². The molecule has 0 amide bonds. The van der Waals surface area contributed by atoms with Crippen molar-refractivity contribution in [3.63, 3.8) is 0 Å². The molecule has 0 heterocycles. The summed E-state index contributed by atoms with van der Waals surface area (Å²) in [6, 6.07) is 20.6. The highest BCUT2D eigenvalue weighted by Gasteiger charge is 2.36. The third-order valence-corrected chi connectivity index (χ3v) is 6.71. The Hall–Kier alpha value is -2.87. The molecular formula is C30H34O2. The van der Waals surface area contributed by atoms with Crippen molar-refractivity contribution in [2.24, 2.45) is 0 Å². The number of hydrogen-bond donors (Lipinski definition) is 0. The Morgan fingerprint density at radius 2 is 1.19 bits per heavy atom. The van der Waals surface area contributed by atoms with Gasteiger partial charge in [-0.1, -0.05) is 91.8 Å². The molecule has 0 N–H and O–H groups in total. The van der Waals surface area contributed by atoms with Crippen molar-refractivity contribution in [2.75, 3.05) is 0 Å². The predicted molar refractivity (Wildman–Crippen MR) is 133 cm³/mol. The van der Waals surface area contributed by atoms with Gasteiger partial charge in [-0.25, -0.2) is 4.79 Å². The smallest absolute Gasteiger partial charge is 0.343 e. The van der Waals surface area contributed by atoms with Crippen LogP contribution in [-0.2, 0) is 16.2 Å². The zero-order valence-electron chi connectivity index (χ0n) is 20.6. The van der Waals surface area contributed by atoms with Crippen molar-refractivity contribution in [1.82, 2.24) is 0 Å². The highest BCUT2D eigenvalue weighted by atomic mass is 16.5. The average Bonchev–Trinajstić information content (AvgIpc) is 2.93. The van der Waals surface area contributed by atoms with Crippen LogP contribution in [0, 0.1) is 0 Å². The first kappa shape index (κ1) is 22.3. The van der Waals surface area contributed by atoms with Crippen LogP contribution in [0.3, 0.4) is 0 Å². The number of rotatable bonds is 2. The van der Waals surface area contributed by atoms with Crippen LogP contribution in [0.25, 0.3) is 11.1 Å². The minimum atomic E-state index is -0.321. The minimum Gasteiger partial charge on any atom is -0.423 e. The fraction of sp³-hybridized carbons (Fsp3) is 0.367. The lowest BCUT2D eigenvalue weighted by atomic mass is 9.79. The molecule has 0 spiro atoms. The maximum Gasteiger partial charge on any atom is 0.343 e. The summed E-state index contributed by atoms with van der Waals surface area (Å²) in [5.41, 5.74) is 8.08. The first-order chi connectivity index (χ1) is 14.8. The SMILES string of the molecule is CC(C)(C)c1ccc(OC(=O)c2ccc3c(c2)C(C)(C)c2cc(C(C)(C)C)ccc2-3)cc1. The summed E-state index contributed by atoms with van der Waals surface area (Å²) in [4.78, 5) is 12.9. The first-order valence-electron chi connectivity index (χ1n) is 11.4. The van der Waals surface area contributed by atoms with Gasteiger partial charge in [0.1, 0.15) is 5.75 Å². The van der Waals surface area contributed by atoms with Gasteiger partial charge in [-0.3, -0.25) is 0 Å². The van der Waals surface area contributed by atoms with E-state index in [9.17, 15) is 4.79 Å². The van der Waals surface area contributed by atoms with Crippen molar-refractivity contribution in [3.8, 4) is 16.9 Å². The second-order valence-corrected chi connectivity index (χ2v) is 11.6. The highest BCUT2D eigenvalue weighted by molar-refractivity contribution is 5.93. The van der Waals surface area contributed by atoms with E-state index in [2.05, 4.69) is 79.7 Å². The van der Waals surface area contributed by atoms with Crippen LogP contribution in [-0.4, -0.2) is 5.97 Å². The maximum absolute atomic E-state index is 12.9. The molecule has 0 fully saturated rings. The molecule has 0 radical (unpaired) electrons. The molecule has 0 aliphatic heterocycles. The number of carbonyl (C=O) groups is 1. The molecule has 2 nitrogen and oxygen atoms in total. The number of esters is 1. The molecule has 1 aliphatic carbocycles. The summed E-state index contributed by atoms with van der Waals surface area (Å²) in [5, 5.41) is 0. The molecule has 3 aromatic rings. The second kappa shape index (κ2) is 7.33. The third-order valence-electron chi connectivity index (χ3n) is 6.71. The van der Waals surface area contributed by atoms with Crippen molar-refractivity contribution >= 4 is 5.97 Å². The van der Waals surface area contributed by atoms with Crippen LogP contribution < -0.4 is 4.74 Å². The fourth-order valence-electron chi connectivity index (χ4n) is 4.52. The molecular weight excluding hydrogens is 392 g/mol. The van der Waals surface area contributed by atoms with Gasteiger partial charge in [-0.05, 0) is 68.5 Å². The minimum absolute atomic E-state index is 0.0654. The van der Waals surface area contributed by atoms with E-state index in [1.54, 1.807) is 0 Å². The van der Waals surface area contributed by atoms with E-state index in [-0.39, 0.29) is 22.2 Å². The van der Waals surface area contributed by atoms with Gasteiger partial charge in [0.25, 0.3) is 0 Å². The summed E-state index contributed by atoms with van der Waals surface area (Å²) in [6.45, 7) is 17.7. The van der Waals surface area contributed by atoms with E-state index in [0.29, 0.717) is 11.3 Å². The Labute approximate surface area is 192 Å². The predicted octanol–water partition coefficient (Wildman–Crippen LogP) is 7.81. The van der Waals surface area contributed by atoms with Crippen LogP contribution in [0.15, 0.2) is 60.7 Å². The molecule has 0 atom stereocenters. The van der Waals surface area contributed by atoms with Gasteiger partial charge in [-0.2, -0.15) is 0 Å². The molecule has 2 heteroatoms. The molecule has 0 bridgehead atoms. The number of hydrogen-bond acceptors (Lipinski definition) is 2. The highest BCUT2D eigenvalue weighted by Crippen LogP contribution is 2.49. The largest absolute Gasteiger partial charge is 0.423 e. The first-order valence-corrected chi connectivity index (χ1v) is 11.4. The normalized spacial score (nSPS) is 14.6. The van der Waals surface area contributed by atoms with E-state index >= 15 is 0 Å². The molecule has 166 valence electrons. The van der Waals surface area contributed by atoms with Crippen LogP contribution in [0.4, 0.5) is 0 Å². The van der Waals surface area contributed by atoms with Crippen LogP contribution >= 0.6 is 0 Å². The summed E-state index contributed by atoms with van der Waals surface area (Å²) >= 11 is 0. The summed E-state index contributed by atoms with van der Waals surface area (Å²) in [7, 11) is 0. The van der Waals surface area contributed by atoms with Crippen LogP contribution in [0.1, 0.15) is 88.0 Å². The van der Waals surface area contributed by atoms with E-state index < -0.39 is 0 Å². The zero-order valence-corrected chi connectivity index (χ0v) is 20.6. The van der Waals surface area contributed by atoms with E-state index in [1.165, 1.54) is 33.4 Å². The maximum atomic E-state index is 12.9. The second-order valence-electron chi connectivity index (χ2n) is 11.6. The van der Waals surface area contributed by atoms with E-state index in [0.717, 1.165) is 0 Å². The van der Waals surface area contributed by atoms with Crippen molar-refractivity contribution < 1.29 is 9.53 Å². The van der Waals surface area contributed by atoms with Crippen LogP contribution in [0.5, 0.6) is 5.75 Å². The molecule has 32 heavy (non-hydrogen) atoms. The van der Waals surface area contributed by atoms with Gasteiger partial charge in [0.15, 0.2) is 0 Å². The van der Waals surface area contributed by atoms with Crippen molar-refractivity contribution in [3.05, 3.63) is 88.5 Å². The Bertz CT molecular complexity index is 1180. The van der Waals surface area contributed by atoms with Gasteiger partial charge in [0.05, 0.1) is 5.56 Å². The topological polar surface area (TPSA) is 26.3 Å². The number of ether oxygens (including phenoxy) is 1. The zero-order chi connectivity index (χ0) is 23.5. The third kappa shape index (κ3) is 3.88. The lowest BCUT2D eigenvalue weighted by molar-refractivity contribution is 0.0734. The Kier molecular flexibility index (Phi) is 5.12. The van der Waals surface area contributed by atoms with E-state index in [4.69, 9.17) is 4.74 Å². The molecule has 3 aromatic carbocycles. The van der Waals surface area contributed by atoms with Gasteiger partial charge < -0.3 is 4.74 Å². The summed E-state index contributed by atoms with van der Waals surface area (Å²) < 4.78 is 5.70. The monoisotopic (exact) mass is 426 g/mol. The fourth-order valence-corrected chi connectivity index (χ4v) is 4.52. The Balaban J connectivity index is 1.64. The number of benzene rings is 3. The molecule has 0 aromatic heterocycles. The molecule has 0 saturated carbocycles. The van der Waals surface area contributed by atoms with Gasteiger partial charge in [0.2, 0.25) is 0 Å².